The number of carbonyl (C=O) groups excluding carboxylic acids is 2. The fraction of sp³-hybridized carbons (Fsp3) is 0.176. The molecule has 0 aliphatic rings. The Labute approximate surface area is 134 Å². The Kier molecular flexibility index (Phi) is 5.61. The molecule has 2 aromatic rings. The zero-order valence-corrected chi connectivity index (χ0v) is 13.3. The molecule has 0 aromatic heterocycles. The highest BCUT2D eigenvalue weighted by molar-refractivity contribution is 8.00. The van der Waals surface area contributed by atoms with Crippen molar-refractivity contribution in [3.05, 3.63) is 54.6 Å². The van der Waals surface area contributed by atoms with Crippen molar-refractivity contribution in [2.75, 3.05) is 10.6 Å². The molecule has 0 radical (unpaired) electrons. The van der Waals surface area contributed by atoms with Crippen LogP contribution in [0.25, 0.3) is 0 Å². The Morgan fingerprint density at radius 2 is 1.50 bits per heavy atom. The summed E-state index contributed by atoms with van der Waals surface area (Å²) in [5, 5.41) is 5.38. The lowest BCUT2D eigenvalue weighted by Gasteiger charge is -2.12. The lowest BCUT2D eigenvalue weighted by atomic mass is 10.3. The van der Waals surface area contributed by atoms with Crippen molar-refractivity contribution in [2.45, 2.75) is 24.0 Å². The van der Waals surface area contributed by atoms with E-state index in [2.05, 4.69) is 10.6 Å². The lowest BCUT2D eigenvalue weighted by molar-refractivity contribution is -0.115. The smallest absolute Gasteiger partial charge is 0.237 e. The summed E-state index contributed by atoms with van der Waals surface area (Å²) in [6, 6.07) is 16.8. The Bertz CT molecular complexity index is 641. The summed E-state index contributed by atoms with van der Waals surface area (Å²) in [6.45, 7) is 3.34. The topological polar surface area (TPSA) is 58.2 Å². The van der Waals surface area contributed by atoms with E-state index in [4.69, 9.17) is 0 Å². The minimum Gasteiger partial charge on any atom is -0.326 e. The third kappa shape index (κ3) is 4.93. The second-order valence-electron chi connectivity index (χ2n) is 4.82. The van der Waals surface area contributed by atoms with Gasteiger partial charge in [-0.1, -0.05) is 18.2 Å². The molecule has 2 amide bonds. The number of benzene rings is 2. The molecule has 2 N–H and O–H groups in total. The highest BCUT2D eigenvalue weighted by Gasteiger charge is 2.14. The van der Waals surface area contributed by atoms with Gasteiger partial charge in [-0.05, 0) is 43.3 Å². The van der Waals surface area contributed by atoms with Gasteiger partial charge in [0.15, 0.2) is 0 Å². The first-order chi connectivity index (χ1) is 10.5. The second kappa shape index (κ2) is 7.66. The van der Waals surface area contributed by atoms with Crippen molar-refractivity contribution < 1.29 is 9.59 Å². The van der Waals surface area contributed by atoms with Crippen LogP contribution in [0.2, 0.25) is 0 Å². The van der Waals surface area contributed by atoms with Gasteiger partial charge in [-0.25, -0.2) is 0 Å². The molecule has 1 atom stereocenters. The minimum atomic E-state index is -0.216. The number of carbonyl (C=O) groups is 2. The van der Waals surface area contributed by atoms with Crippen molar-refractivity contribution in [1.29, 1.82) is 0 Å². The summed E-state index contributed by atoms with van der Waals surface area (Å²) in [7, 11) is 0. The molecule has 0 fully saturated rings. The maximum atomic E-state index is 12.1. The number of anilines is 2. The first-order valence-electron chi connectivity index (χ1n) is 6.95. The molecule has 2 rings (SSSR count). The Morgan fingerprint density at radius 3 is 2.09 bits per heavy atom. The quantitative estimate of drug-likeness (QED) is 0.826. The number of nitrogens with one attached hydrogen (secondary N) is 2. The van der Waals surface area contributed by atoms with E-state index in [1.165, 1.54) is 18.7 Å². The largest absolute Gasteiger partial charge is 0.326 e. The number of hydrogen-bond donors (Lipinski definition) is 2. The zero-order chi connectivity index (χ0) is 15.9. The van der Waals surface area contributed by atoms with Gasteiger partial charge in [0.1, 0.15) is 0 Å². The number of rotatable bonds is 5. The highest BCUT2D eigenvalue weighted by Crippen LogP contribution is 2.25. The first-order valence-corrected chi connectivity index (χ1v) is 7.83. The monoisotopic (exact) mass is 314 g/mol. The lowest BCUT2D eigenvalue weighted by Crippen LogP contribution is -2.22. The van der Waals surface area contributed by atoms with Gasteiger partial charge in [0.05, 0.1) is 5.25 Å². The maximum Gasteiger partial charge on any atom is 0.237 e. The first kappa shape index (κ1) is 16.1. The molecule has 114 valence electrons. The van der Waals surface area contributed by atoms with Gasteiger partial charge in [-0.3, -0.25) is 9.59 Å². The maximum absolute atomic E-state index is 12.1. The molecule has 0 saturated carbocycles. The van der Waals surface area contributed by atoms with Gasteiger partial charge in [0, 0.05) is 23.2 Å². The van der Waals surface area contributed by atoms with Gasteiger partial charge in [0.25, 0.3) is 0 Å². The van der Waals surface area contributed by atoms with E-state index >= 15 is 0 Å². The summed E-state index contributed by atoms with van der Waals surface area (Å²) < 4.78 is 0. The van der Waals surface area contributed by atoms with Crippen molar-refractivity contribution >= 4 is 35.0 Å². The van der Waals surface area contributed by atoms with Crippen molar-refractivity contribution in [1.82, 2.24) is 0 Å². The summed E-state index contributed by atoms with van der Waals surface area (Å²) in [6.07, 6.45) is 0. The number of amides is 2. The van der Waals surface area contributed by atoms with Crippen molar-refractivity contribution in [3.63, 3.8) is 0 Å². The van der Waals surface area contributed by atoms with E-state index in [0.29, 0.717) is 0 Å². The summed E-state index contributed by atoms with van der Waals surface area (Å²) in [5.74, 6) is -0.141. The van der Waals surface area contributed by atoms with Crippen LogP contribution in [0, 0.1) is 0 Å². The second-order valence-corrected chi connectivity index (χ2v) is 6.24. The Balaban J connectivity index is 1.92. The van der Waals surface area contributed by atoms with Gasteiger partial charge < -0.3 is 10.6 Å². The average Bonchev–Trinajstić information content (AvgIpc) is 2.49. The summed E-state index contributed by atoms with van der Waals surface area (Å²) >= 11 is 1.47. The van der Waals surface area contributed by atoms with Gasteiger partial charge in [0.2, 0.25) is 11.8 Å². The van der Waals surface area contributed by atoms with E-state index < -0.39 is 0 Å². The van der Waals surface area contributed by atoms with E-state index in [9.17, 15) is 9.59 Å². The Hall–Kier alpha value is -2.27. The van der Waals surface area contributed by atoms with Gasteiger partial charge in [-0.15, -0.1) is 11.8 Å². The molecule has 0 saturated heterocycles. The van der Waals surface area contributed by atoms with Gasteiger partial charge >= 0.3 is 0 Å². The summed E-state index contributed by atoms with van der Waals surface area (Å²) in [5.41, 5.74) is 1.54. The molecule has 0 heterocycles. The van der Waals surface area contributed by atoms with Crippen molar-refractivity contribution in [3.8, 4) is 0 Å². The van der Waals surface area contributed by atoms with Crippen LogP contribution in [0.5, 0.6) is 0 Å². The van der Waals surface area contributed by atoms with E-state index in [1.54, 1.807) is 0 Å². The third-order valence-electron chi connectivity index (χ3n) is 2.90. The van der Waals surface area contributed by atoms with E-state index in [0.717, 1.165) is 16.3 Å². The fourth-order valence-corrected chi connectivity index (χ4v) is 2.71. The molecule has 0 spiro atoms. The molecular weight excluding hydrogens is 296 g/mol. The Morgan fingerprint density at radius 1 is 0.909 bits per heavy atom. The van der Waals surface area contributed by atoms with Crippen LogP contribution < -0.4 is 10.6 Å². The molecule has 0 bridgehead atoms. The molecular formula is C17H18N2O2S. The molecule has 0 aliphatic heterocycles. The van der Waals surface area contributed by atoms with Crippen LogP contribution in [0.15, 0.2) is 59.5 Å². The number of thioether (sulfide) groups is 1. The molecule has 22 heavy (non-hydrogen) atoms. The molecule has 0 aliphatic carbocycles. The number of hydrogen-bond acceptors (Lipinski definition) is 3. The van der Waals surface area contributed by atoms with Crippen LogP contribution in [0.4, 0.5) is 11.4 Å². The van der Waals surface area contributed by atoms with Gasteiger partial charge in [-0.2, -0.15) is 0 Å². The van der Waals surface area contributed by atoms with Crippen LogP contribution in [-0.4, -0.2) is 17.1 Å². The number of para-hydroxylation sites is 1. The SMILES string of the molecule is CC(=O)Nc1ccc(SC(C)C(=O)Nc2ccccc2)cc1. The average molecular weight is 314 g/mol. The van der Waals surface area contributed by atoms with Crippen LogP contribution in [0.3, 0.4) is 0 Å². The van der Waals surface area contributed by atoms with Crippen LogP contribution >= 0.6 is 11.8 Å². The standard InChI is InChI=1S/C17H18N2O2S/c1-12(17(21)19-14-6-4-3-5-7-14)22-16-10-8-15(9-11-16)18-13(2)20/h3-12H,1-2H3,(H,18,20)(H,19,21). The molecule has 4 nitrogen and oxygen atoms in total. The predicted molar refractivity (Wildman–Crippen MR) is 91.1 cm³/mol. The predicted octanol–water partition coefficient (Wildman–Crippen LogP) is 3.76. The van der Waals surface area contributed by atoms with Crippen LogP contribution in [0.1, 0.15) is 13.8 Å². The zero-order valence-electron chi connectivity index (χ0n) is 12.5. The minimum absolute atomic E-state index is 0.0397. The highest BCUT2D eigenvalue weighted by atomic mass is 32.2. The molecule has 5 heteroatoms. The van der Waals surface area contributed by atoms with E-state index in [1.807, 2.05) is 61.5 Å². The molecule has 1 unspecified atom stereocenters. The van der Waals surface area contributed by atoms with Crippen LogP contribution in [-0.2, 0) is 9.59 Å². The normalized spacial score (nSPS) is 11.5. The fourth-order valence-electron chi connectivity index (χ4n) is 1.84. The molecule has 2 aromatic carbocycles. The summed E-state index contributed by atoms with van der Waals surface area (Å²) in [4.78, 5) is 24.1. The van der Waals surface area contributed by atoms with Crippen molar-refractivity contribution in [2.24, 2.45) is 0 Å². The van der Waals surface area contributed by atoms with E-state index in [-0.39, 0.29) is 17.1 Å². The third-order valence-corrected chi connectivity index (χ3v) is 4.01.